The third-order valence-electron chi connectivity index (χ3n) is 6.11. The number of carbonyl (C=O) groups is 2. The predicted octanol–water partition coefficient (Wildman–Crippen LogP) is 4.11. The van der Waals surface area contributed by atoms with Crippen molar-refractivity contribution >= 4 is 11.8 Å². The van der Waals surface area contributed by atoms with Gasteiger partial charge in [-0.05, 0) is 32.1 Å². The van der Waals surface area contributed by atoms with E-state index in [0.717, 1.165) is 32.1 Å². The minimum absolute atomic E-state index is 0.0558. The van der Waals surface area contributed by atoms with Gasteiger partial charge in [0.15, 0.2) is 12.4 Å². The highest BCUT2D eigenvalue weighted by Crippen LogP contribution is 2.33. The van der Waals surface area contributed by atoms with Gasteiger partial charge < -0.3 is 19.3 Å². The fourth-order valence-corrected chi connectivity index (χ4v) is 4.36. The molecule has 6 heteroatoms. The molecule has 0 aromatic heterocycles. The van der Waals surface area contributed by atoms with Crippen LogP contribution in [0, 0.1) is 0 Å². The molecule has 0 saturated carbocycles. The Balaban J connectivity index is 1.58. The molecule has 29 heavy (non-hydrogen) atoms. The van der Waals surface area contributed by atoms with E-state index in [1.807, 2.05) is 0 Å². The average Bonchev–Trinajstić information content (AvgIpc) is 3.37. The maximum atomic E-state index is 12.0. The quantitative estimate of drug-likeness (QED) is 0.342. The van der Waals surface area contributed by atoms with Crippen LogP contribution in [0.15, 0.2) is 0 Å². The first-order chi connectivity index (χ1) is 14.0. The second kappa shape index (κ2) is 13.3. The Labute approximate surface area is 175 Å². The summed E-state index contributed by atoms with van der Waals surface area (Å²) in [5.41, 5.74) is 0. The molecule has 5 atom stereocenters. The number of aliphatic hydroxyl groups excluding tert-OH is 1. The van der Waals surface area contributed by atoms with Crippen molar-refractivity contribution in [2.75, 3.05) is 6.61 Å². The monoisotopic (exact) mass is 412 g/mol. The van der Waals surface area contributed by atoms with E-state index in [1.165, 1.54) is 51.9 Å². The zero-order chi connectivity index (χ0) is 21.1. The Morgan fingerprint density at radius 1 is 0.931 bits per heavy atom. The van der Waals surface area contributed by atoms with E-state index in [9.17, 15) is 14.7 Å². The minimum atomic E-state index is -0.510. The summed E-state index contributed by atoms with van der Waals surface area (Å²) in [6.45, 7) is 3.30. The summed E-state index contributed by atoms with van der Waals surface area (Å²) in [6, 6.07) is 0. The van der Waals surface area contributed by atoms with Gasteiger partial charge in [0.25, 0.3) is 0 Å². The zero-order valence-electron chi connectivity index (χ0n) is 18.3. The van der Waals surface area contributed by atoms with Gasteiger partial charge in [0, 0.05) is 6.92 Å². The largest absolute Gasteiger partial charge is 0.458 e. The van der Waals surface area contributed by atoms with Crippen molar-refractivity contribution in [3.8, 4) is 0 Å². The van der Waals surface area contributed by atoms with Crippen LogP contribution in [-0.2, 0) is 23.8 Å². The van der Waals surface area contributed by atoms with Crippen LogP contribution in [0.25, 0.3) is 0 Å². The second-order valence-electron chi connectivity index (χ2n) is 8.61. The van der Waals surface area contributed by atoms with Crippen molar-refractivity contribution in [2.45, 2.75) is 128 Å². The molecule has 2 saturated heterocycles. The molecule has 2 aliphatic rings. The van der Waals surface area contributed by atoms with Crippen LogP contribution >= 0.6 is 0 Å². The van der Waals surface area contributed by atoms with E-state index < -0.39 is 18.2 Å². The summed E-state index contributed by atoms with van der Waals surface area (Å²) >= 11 is 0. The number of Topliss-reactive ketones (excluding diaryl/α,β-unsaturated/α-hetero) is 1. The Morgan fingerprint density at radius 3 is 2.24 bits per heavy atom. The normalized spacial score (nSPS) is 27.8. The topological polar surface area (TPSA) is 82.1 Å². The number of hydrogen-bond donors (Lipinski definition) is 1. The maximum Gasteiger partial charge on any atom is 0.303 e. The molecule has 1 N–H and O–H groups in total. The molecule has 0 aromatic carbocycles. The van der Waals surface area contributed by atoms with Crippen molar-refractivity contribution in [2.24, 2.45) is 0 Å². The number of ether oxygens (including phenoxy) is 3. The molecular formula is C23H40O6. The summed E-state index contributed by atoms with van der Waals surface area (Å²) < 4.78 is 16.7. The second-order valence-corrected chi connectivity index (χ2v) is 8.61. The number of rotatable bonds is 14. The van der Waals surface area contributed by atoms with Crippen LogP contribution in [0.2, 0.25) is 0 Å². The van der Waals surface area contributed by atoms with Crippen LogP contribution in [0.3, 0.4) is 0 Å². The first kappa shape index (κ1) is 24.3. The van der Waals surface area contributed by atoms with Gasteiger partial charge in [-0.3, -0.25) is 9.59 Å². The molecule has 2 aliphatic heterocycles. The number of ketones is 1. The number of unbranched alkanes of at least 4 members (excludes halogenated alkanes) is 7. The molecule has 0 spiro atoms. The van der Waals surface area contributed by atoms with E-state index in [-0.39, 0.29) is 30.7 Å². The third kappa shape index (κ3) is 8.73. The van der Waals surface area contributed by atoms with Crippen LogP contribution < -0.4 is 0 Å². The van der Waals surface area contributed by atoms with Crippen molar-refractivity contribution in [1.82, 2.24) is 0 Å². The fraction of sp³-hybridized carbons (Fsp3) is 0.913. The van der Waals surface area contributed by atoms with Gasteiger partial charge in [0.1, 0.15) is 6.10 Å². The third-order valence-corrected chi connectivity index (χ3v) is 6.11. The summed E-state index contributed by atoms with van der Waals surface area (Å²) in [5.74, 6) is -0.646. The summed E-state index contributed by atoms with van der Waals surface area (Å²) in [5, 5.41) is 10.5. The van der Waals surface area contributed by atoms with Gasteiger partial charge in [-0.1, -0.05) is 58.3 Å². The van der Waals surface area contributed by atoms with Gasteiger partial charge in [-0.15, -0.1) is 0 Å². The highest BCUT2D eigenvalue weighted by molar-refractivity contribution is 5.86. The molecule has 2 heterocycles. The van der Waals surface area contributed by atoms with Crippen LogP contribution in [0.1, 0.15) is 97.3 Å². The highest BCUT2D eigenvalue weighted by Gasteiger charge is 2.40. The van der Waals surface area contributed by atoms with E-state index >= 15 is 0 Å². The lowest BCUT2D eigenvalue weighted by Gasteiger charge is -2.22. The Morgan fingerprint density at radius 2 is 1.55 bits per heavy atom. The highest BCUT2D eigenvalue weighted by atomic mass is 16.6. The molecule has 0 bridgehead atoms. The SMILES string of the molecule is CCCCCCCCCC[C@@H](O)[C@H]1CC[C@@H]([C@@H]2CC[C@H](C(=O)COC(C)=O)O2)O1. The maximum absolute atomic E-state index is 12.0. The van der Waals surface area contributed by atoms with Crippen molar-refractivity contribution in [3.63, 3.8) is 0 Å². The minimum Gasteiger partial charge on any atom is -0.458 e. The Kier molecular flexibility index (Phi) is 11.2. The molecule has 2 fully saturated rings. The van der Waals surface area contributed by atoms with Gasteiger partial charge in [-0.25, -0.2) is 0 Å². The number of esters is 1. The van der Waals surface area contributed by atoms with Gasteiger partial charge in [0.05, 0.1) is 24.4 Å². The molecule has 2 rings (SSSR count). The molecule has 168 valence electrons. The molecule has 0 aliphatic carbocycles. The number of carbonyl (C=O) groups excluding carboxylic acids is 2. The molecule has 0 unspecified atom stereocenters. The van der Waals surface area contributed by atoms with Crippen LogP contribution in [0.5, 0.6) is 0 Å². The summed E-state index contributed by atoms with van der Waals surface area (Å²) in [7, 11) is 0. The zero-order valence-corrected chi connectivity index (χ0v) is 18.3. The van der Waals surface area contributed by atoms with E-state index in [4.69, 9.17) is 14.2 Å². The van der Waals surface area contributed by atoms with E-state index in [1.54, 1.807) is 0 Å². The number of hydrogen-bond acceptors (Lipinski definition) is 6. The fourth-order valence-electron chi connectivity index (χ4n) is 4.36. The predicted molar refractivity (Wildman–Crippen MR) is 111 cm³/mol. The van der Waals surface area contributed by atoms with E-state index in [2.05, 4.69) is 6.92 Å². The molecule has 6 nitrogen and oxygen atoms in total. The number of aliphatic hydroxyl groups is 1. The lowest BCUT2D eigenvalue weighted by molar-refractivity contribution is -0.151. The summed E-state index contributed by atoms with van der Waals surface area (Å²) in [6.07, 6.45) is 12.8. The van der Waals surface area contributed by atoms with Gasteiger partial charge in [-0.2, -0.15) is 0 Å². The molecule has 0 amide bonds. The lowest BCUT2D eigenvalue weighted by atomic mass is 10.0. The first-order valence-electron chi connectivity index (χ1n) is 11.7. The molecule has 0 radical (unpaired) electrons. The van der Waals surface area contributed by atoms with Gasteiger partial charge in [0.2, 0.25) is 0 Å². The van der Waals surface area contributed by atoms with Crippen LogP contribution in [-0.4, -0.2) is 54.0 Å². The standard InChI is InChI=1S/C23H40O6/c1-3-4-5-6-7-8-9-10-11-18(25)20-12-14-22(28-20)23-15-13-21(29-23)19(26)16-27-17(2)24/h18,20-23,25H,3-16H2,1-2H3/t18-,20-,21-,22+,23+/m1/s1. The average molecular weight is 413 g/mol. The first-order valence-corrected chi connectivity index (χ1v) is 11.7. The lowest BCUT2D eigenvalue weighted by Crippen LogP contribution is -2.33. The Bertz CT molecular complexity index is 494. The van der Waals surface area contributed by atoms with Crippen molar-refractivity contribution in [3.05, 3.63) is 0 Å². The van der Waals surface area contributed by atoms with E-state index in [0.29, 0.717) is 6.42 Å². The van der Waals surface area contributed by atoms with Crippen molar-refractivity contribution < 1.29 is 28.9 Å². The van der Waals surface area contributed by atoms with Crippen molar-refractivity contribution in [1.29, 1.82) is 0 Å². The van der Waals surface area contributed by atoms with Crippen LogP contribution in [0.4, 0.5) is 0 Å². The smallest absolute Gasteiger partial charge is 0.303 e. The molecular weight excluding hydrogens is 372 g/mol. The molecule has 0 aromatic rings. The van der Waals surface area contributed by atoms with Gasteiger partial charge >= 0.3 is 5.97 Å². The Hall–Kier alpha value is -0.980. The summed E-state index contributed by atoms with van der Waals surface area (Å²) in [4.78, 5) is 22.9.